The van der Waals surface area contributed by atoms with Gasteiger partial charge in [0.1, 0.15) is 17.0 Å². The first-order valence-corrected chi connectivity index (χ1v) is 8.91. The van der Waals surface area contributed by atoms with Gasteiger partial charge < -0.3 is 15.2 Å². The molecule has 29 heavy (non-hydrogen) atoms. The van der Waals surface area contributed by atoms with E-state index in [1.807, 2.05) is 0 Å². The number of ether oxygens (including phenoxy) is 1. The Morgan fingerprint density at radius 3 is 2.69 bits per heavy atom. The lowest BCUT2D eigenvalue weighted by atomic mass is 10.0. The molecule has 0 saturated heterocycles. The zero-order valence-electron chi connectivity index (χ0n) is 15.0. The van der Waals surface area contributed by atoms with Gasteiger partial charge in [-0.05, 0) is 48.6 Å². The van der Waals surface area contributed by atoms with E-state index in [4.69, 9.17) is 0 Å². The Labute approximate surface area is 163 Å². The van der Waals surface area contributed by atoms with E-state index in [0.29, 0.717) is 11.3 Å². The number of carbonyl (C=O) groups excluding carboxylic acids is 1. The summed E-state index contributed by atoms with van der Waals surface area (Å²) in [6.45, 7) is 0.104. The van der Waals surface area contributed by atoms with E-state index in [-0.39, 0.29) is 34.8 Å². The molecule has 2 heterocycles. The number of carbonyl (C=O) groups is 1. The zero-order chi connectivity index (χ0) is 20.6. The SMILES string of the molecule is O=C(NCc1ccccn1)c1cc(O)c2cc(C3CC3)cc(OC(F)(F)F)c2n1. The summed E-state index contributed by atoms with van der Waals surface area (Å²) < 4.78 is 42.8. The maximum Gasteiger partial charge on any atom is 0.573 e. The van der Waals surface area contributed by atoms with Crippen molar-refractivity contribution in [3.63, 3.8) is 0 Å². The number of nitrogens with one attached hydrogen (secondary N) is 1. The van der Waals surface area contributed by atoms with Crippen molar-refractivity contribution in [3.05, 3.63) is 59.5 Å². The molecular formula is C20H16F3N3O3. The minimum atomic E-state index is -4.93. The Hall–Kier alpha value is -3.36. The monoisotopic (exact) mass is 403 g/mol. The summed E-state index contributed by atoms with van der Waals surface area (Å²) in [5.74, 6) is -1.40. The molecule has 4 rings (SSSR count). The van der Waals surface area contributed by atoms with E-state index in [9.17, 15) is 23.1 Å². The summed E-state index contributed by atoms with van der Waals surface area (Å²) in [5.41, 5.74) is 0.786. The van der Waals surface area contributed by atoms with Gasteiger partial charge in [-0.25, -0.2) is 4.98 Å². The van der Waals surface area contributed by atoms with E-state index in [0.717, 1.165) is 18.9 Å². The fraction of sp³-hybridized carbons (Fsp3) is 0.250. The molecule has 0 spiro atoms. The third-order valence-corrected chi connectivity index (χ3v) is 4.54. The van der Waals surface area contributed by atoms with Gasteiger partial charge >= 0.3 is 6.36 Å². The van der Waals surface area contributed by atoms with Crippen LogP contribution in [0.4, 0.5) is 13.2 Å². The second-order valence-corrected chi connectivity index (χ2v) is 6.77. The average molecular weight is 403 g/mol. The van der Waals surface area contributed by atoms with Crippen molar-refractivity contribution in [1.29, 1.82) is 0 Å². The van der Waals surface area contributed by atoms with Gasteiger partial charge in [-0.2, -0.15) is 0 Å². The third-order valence-electron chi connectivity index (χ3n) is 4.54. The molecule has 0 aliphatic heterocycles. The molecule has 0 bridgehead atoms. The number of alkyl halides is 3. The van der Waals surface area contributed by atoms with Crippen molar-refractivity contribution >= 4 is 16.8 Å². The third kappa shape index (κ3) is 4.39. The van der Waals surface area contributed by atoms with Crippen LogP contribution in [0.5, 0.6) is 11.5 Å². The molecule has 2 aromatic heterocycles. The lowest BCUT2D eigenvalue weighted by Crippen LogP contribution is -2.24. The average Bonchev–Trinajstić information content (AvgIpc) is 3.51. The second-order valence-electron chi connectivity index (χ2n) is 6.77. The Balaban J connectivity index is 1.69. The number of amides is 1. The van der Waals surface area contributed by atoms with Crippen molar-refractivity contribution in [2.24, 2.45) is 0 Å². The summed E-state index contributed by atoms with van der Waals surface area (Å²) in [4.78, 5) is 20.5. The predicted octanol–water partition coefficient (Wildman–Crippen LogP) is 4.04. The van der Waals surface area contributed by atoms with Crippen molar-refractivity contribution in [2.45, 2.75) is 31.7 Å². The fourth-order valence-electron chi connectivity index (χ4n) is 3.03. The predicted molar refractivity (Wildman–Crippen MR) is 97.5 cm³/mol. The summed E-state index contributed by atoms with van der Waals surface area (Å²) in [6.07, 6.45) is -1.64. The molecule has 3 aromatic rings. The van der Waals surface area contributed by atoms with Gasteiger partial charge in [0.2, 0.25) is 0 Å². The molecule has 1 aliphatic rings. The van der Waals surface area contributed by atoms with E-state index >= 15 is 0 Å². The minimum absolute atomic E-state index is 0.104. The molecule has 1 aliphatic carbocycles. The van der Waals surface area contributed by atoms with Crippen LogP contribution in [-0.2, 0) is 6.54 Å². The first kappa shape index (κ1) is 19.0. The van der Waals surface area contributed by atoms with E-state index in [1.165, 1.54) is 6.07 Å². The van der Waals surface area contributed by atoms with Gasteiger partial charge in [0.05, 0.1) is 12.2 Å². The molecule has 0 unspecified atom stereocenters. The van der Waals surface area contributed by atoms with Crippen LogP contribution < -0.4 is 10.1 Å². The maximum atomic E-state index is 12.9. The van der Waals surface area contributed by atoms with Crippen molar-refractivity contribution in [3.8, 4) is 11.5 Å². The molecule has 1 amide bonds. The summed E-state index contributed by atoms with van der Waals surface area (Å²) >= 11 is 0. The number of benzene rings is 1. The van der Waals surface area contributed by atoms with Crippen LogP contribution in [-0.4, -0.2) is 27.3 Å². The highest BCUT2D eigenvalue weighted by molar-refractivity contribution is 5.98. The molecule has 1 saturated carbocycles. The van der Waals surface area contributed by atoms with Crippen LogP contribution in [0, 0.1) is 0 Å². The van der Waals surface area contributed by atoms with Crippen LogP contribution in [0.15, 0.2) is 42.6 Å². The van der Waals surface area contributed by atoms with Gasteiger partial charge in [-0.15, -0.1) is 13.2 Å². The summed E-state index contributed by atoms with van der Waals surface area (Å²) in [7, 11) is 0. The van der Waals surface area contributed by atoms with Crippen LogP contribution >= 0.6 is 0 Å². The van der Waals surface area contributed by atoms with Gasteiger partial charge in [-0.1, -0.05) is 6.07 Å². The molecule has 2 N–H and O–H groups in total. The summed E-state index contributed by atoms with van der Waals surface area (Å²) in [6, 6.07) is 9.19. The van der Waals surface area contributed by atoms with Gasteiger partial charge in [0, 0.05) is 17.6 Å². The van der Waals surface area contributed by atoms with Crippen LogP contribution in [0.3, 0.4) is 0 Å². The standard InChI is InChI=1S/C20H16F3N3O3/c21-20(22,23)29-17-8-12(11-4-5-11)7-14-16(27)9-15(26-18(14)17)19(28)25-10-13-3-1-2-6-24-13/h1-3,6-9,11H,4-5,10H2,(H,25,28)(H,26,27). The highest BCUT2D eigenvalue weighted by atomic mass is 19.4. The molecule has 1 aromatic carbocycles. The quantitative estimate of drug-likeness (QED) is 0.672. The molecule has 6 nitrogen and oxygen atoms in total. The first-order valence-electron chi connectivity index (χ1n) is 8.91. The van der Waals surface area contributed by atoms with Crippen molar-refractivity contribution in [1.82, 2.24) is 15.3 Å². The van der Waals surface area contributed by atoms with Gasteiger partial charge in [-0.3, -0.25) is 9.78 Å². The number of fused-ring (bicyclic) bond motifs is 1. The number of hydrogen-bond acceptors (Lipinski definition) is 5. The molecule has 1 fully saturated rings. The summed E-state index contributed by atoms with van der Waals surface area (Å²) in [5, 5.41) is 13.0. The number of halogens is 3. The van der Waals surface area contributed by atoms with Crippen LogP contribution in [0.25, 0.3) is 10.9 Å². The highest BCUT2D eigenvalue weighted by Gasteiger charge is 2.34. The van der Waals surface area contributed by atoms with Gasteiger partial charge in [0.25, 0.3) is 5.91 Å². The lowest BCUT2D eigenvalue weighted by Gasteiger charge is -2.14. The number of nitrogens with zero attached hydrogens (tertiary/aromatic N) is 2. The minimum Gasteiger partial charge on any atom is -0.507 e. The number of aromatic hydroxyl groups is 1. The van der Waals surface area contributed by atoms with E-state index < -0.39 is 18.0 Å². The van der Waals surface area contributed by atoms with Crippen molar-refractivity contribution < 1.29 is 27.8 Å². The van der Waals surface area contributed by atoms with Crippen molar-refractivity contribution in [2.75, 3.05) is 0 Å². The fourth-order valence-corrected chi connectivity index (χ4v) is 3.03. The normalized spacial score (nSPS) is 14.0. The first-order chi connectivity index (χ1) is 13.8. The van der Waals surface area contributed by atoms with E-state index in [2.05, 4.69) is 20.0 Å². The molecule has 0 radical (unpaired) electrons. The number of rotatable bonds is 5. The Kier molecular flexibility index (Phi) is 4.73. The Bertz CT molecular complexity index is 1070. The Morgan fingerprint density at radius 2 is 2.03 bits per heavy atom. The smallest absolute Gasteiger partial charge is 0.507 e. The second kappa shape index (κ2) is 7.23. The maximum absolute atomic E-state index is 12.9. The lowest BCUT2D eigenvalue weighted by molar-refractivity contribution is -0.274. The number of aromatic nitrogens is 2. The highest BCUT2D eigenvalue weighted by Crippen LogP contribution is 2.45. The van der Waals surface area contributed by atoms with E-state index in [1.54, 1.807) is 30.5 Å². The molecule has 9 heteroatoms. The zero-order valence-corrected chi connectivity index (χ0v) is 15.0. The number of hydrogen-bond donors (Lipinski definition) is 2. The number of pyridine rings is 2. The Morgan fingerprint density at radius 1 is 1.24 bits per heavy atom. The molecular weight excluding hydrogens is 387 g/mol. The topological polar surface area (TPSA) is 84.3 Å². The van der Waals surface area contributed by atoms with Gasteiger partial charge in [0.15, 0.2) is 5.75 Å². The largest absolute Gasteiger partial charge is 0.573 e. The van der Waals surface area contributed by atoms with Crippen LogP contribution in [0.1, 0.15) is 40.5 Å². The molecule has 0 atom stereocenters. The van der Waals surface area contributed by atoms with Crippen LogP contribution in [0.2, 0.25) is 0 Å². The molecule has 150 valence electrons.